The minimum atomic E-state index is -0.223. The summed E-state index contributed by atoms with van der Waals surface area (Å²) in [5.74, 6) is 0.222. The number of halogens is 1. The van der Waals surface area contributed by atoms with E-state index >= 15 is 0 Å². The van der Waals surface area contributed by atoms with Crippen LogP contribution in [-0.4, -0.2) is 35.7 Å². The lowest BCUT2D eigenvalue weighted by atomic mass is 10.2. The Bertz CT molecular complexity index is 993. The van der Waals surface area contributed by atoms with Gasteiger partial charge in [0.05, 0.1) is 12.7 Å². The van der Waals surface area contributed by atoms with E-state index in [0.717, 1.165) is 8.58 Å². The van der Waals surface area contributed by atoms with Crippen LogP contribution in [0.2, 0.25) is 0 Å². The van der Waals surface area contributed by atoms with Gasteiger partial charge in [-0.25, -0.2) is 0 Å². The molecule has 0 aliphatic heterocycles. The van der Waals surface area contributed by atoms with Gasteiger partial charge < -0.3 is 10.1 Å². The number of hydrogen-bond donors (Lipinski definition) is 2. The molecule has 1 aromatic heterocycles. The average molecular weight is 508 g/mol. The number of ether oxygens (including phenoxy) is 1. The fraction of sp³-hybridized carbons (Fsp3) is 0.158. The largest absolute Gasteiger partial charge is 0.497 e. The summed E-state index contributed by atoms with van der Waals surface area (Å²) in [6.45, 7) is 0.412. The fourth-order valence-electron chi connectivity index (χ4n) is 2.36. The van der Waals surface area contributed by atoms with Crippen LogP contribution in [0.5, 0.6) is 5.75 Å². The van der Waals surface area contributed by atoms with Crippen molar-refractivity contribution in [2.45, 2.75) is 6.42 Å². The highest BCUT2D eigenvalue weighted by Crippen LogP contribution is 2.18. The van der Waals surface area contributed by atoms with Crippen LogP contribution in [0.1, 0.15) is 25.7 Å². The van der Waals surface area contributed by atoms with Crippen molar-refractivity contribution in [2.75, 3.05) is 19.0 Å². The van der Waals surface area contributed by atoms with E-state index in [1.165, 1.54) is 11.3 Å². The minimum absolute atomic E-state index is 0.185. The summed E-state index contributed by atoms with van der Waals surface area (Å²) in [6, 6.07) is 14.3. The van der Waals surface area contributed by atoms with Gasteiger partial charge in [0.1, 0.15) is 10.8 Å². The van der Waals surface area contributed by atoms with E-state index in [1.54, 1.807) is 37.4 Å². The summed E-state index contributed by atoms with van der Waals surface area (Å²) < 4.78 is 5.98. The Kier molecular flexibility index (Phi) is 6.93. The number of nitrogens with zero attached hydrogens (tertiary/aromatic N) is 2. The molecular formula is C19H17IN4O3S. The molecule has 0 radical (unpaired) electrons. The number of carbonyl (C=O) groups is 2. The van der Waals surface area contributed by atoms with Crippen molar-refractivity contribution < 1.29 is 14.3 Å². The third-order valence-electron chi connectivity index (χ3n) is 3.76. The van der Waals surface area contributed by atoms with Crippen LogP contribution in [0.4, 0.5) is 5.13 Å². The third-order valence-corrected chi connectivity index (χ3v) is 5.60. The smallest absolute Gasteiger partial charge is 0.258 e. The highest BCUT2D eigenvalue weighted by molar-refractivity contribution is 14.1. The number of benzene rings is 2. The number of aromatic nitrogens is 2. The Morgan fingerprint density at radius 2 is 1.93 bits per heavy atom. The standard InChI is InChI=1S/C19H17IN4O3S/c1-27-13-6-4-5-12(11-13)17(25)21-10-9-16-23-24-19(28-16)22-18(26)14-7-2-3-8-15(14)20/h2-8,11H,9-10H2,1H3,(H,21,25)(H,22,24,26). The van der Waals surface area contributed by atoms with E-state index in [4.69, 9.17) is 4.74 Å². The molecule has 0 bridgehead atoms. The maximum Gasteiger partial charge on any atom is 0.258 e. The lowest BCUT2D eigenvalue weighted by molar-refractivity contribution is 0.0953. The molecule has 0 aliphatic carbocycles. The lowest BCUT2D eigenvalue weighted by Crippen LogP contribution is -2.25. The van der Waals surface area contributed by atoms with Crippen LogP contribution in [0.3, 0.4) is 0 Å². The molecule has 28 heavy (non-hydrogen) atoms. The summed E-state index contributed by atoms with van der Waals surface area (Å²) >= 11 is 3.40. The molecule has 1 heterocycles. The molecule has 3 rings (SSSR count). The second kappa shape index (κ2) is 9.60. The first-order chi connectivity index (χ1) is 13.6. The van der Waals surface area contributed by atoms with Gasteiger partial charge in [0.15, 0.2) is 0 Å². The number of amides is 2. The van der Waals surface area contributed by atoms with Crippen molar-refractivity contribution in [1.82, 2.24) is 15.5 Å². The molecule has 2 aromatic carbocycles. The molecule has 3 aromatic rings. The zero-order valence-electron chi connectivity index (χ0n) is 14.9. The monoisotopic (exact) mass is 508 g/mol. The van der Waals surface area contributed by atoms with Gasteiger partial charge in [-0.15, -0.1) is 10.2 Å². The van der Waals surface area contributed by atoms with Gasteiger partial charge in [-0.1, -0.05) is 29.5 Å². The molecule has 0 fully saturated rings. The topological polar surface area (TPSA) is 93.2 Å². The highest BCUT2D eigenvalue weighted by atomic mass is 127. The number of anilines is 1. The highest BCUT2D eigenvalue weighted by Gasteiger charge is 2.13. The van der Waals surface area contributed by atoms with Crippen molar-refractivity contribution in [3.63, 3.8) is 0 Å². The second-order valence-electron chi connectivity index (χ2n) is 5.67. The Labute approximate surface area is 179 Å². The average Bonchev–Trinajstić information content (AvgIpc) is 3.15. The number of rotatable bonds is 7. The number of carbonyl (C=O) groups excluding carboxylic acids is 2. The molecular weight excluding hydrogens is 491 g/mol. The first-order valence-corrected chi connectivity index (χ1v) is 10.3. The molecule has 0 aliphatic rings. The van der Waals surface area contributed by atoms with Crippen molar-refractivity contribution in [3.8, 4) is 5.75 Å². The van der Waals surface area contributed by atoms with Gasteiger partial charge in [0, 0.05) is 22.1 Å². The maximum atomic E-state index is 12.3. The molecule has 144 valence electrons. The van der Waals surface area contributed by atoms with Crippen LogP contribution in [0, 0.1) is 3.57 Å². The number of nitrogens with one attached hydrogen (secondary N) is 2. The Morgan fingerprint density at radius 1 is 1.11 bits per heavy atom. The van der Waals surface area contributed by atoms with Crippen LogP contribution in [0.15, 0.2) is 48.5 Å². The van der Waals surface area contributed by atoms with Gasteiger partial charge in [-0.05, 0) is 52.9 Å². The summed E-state index contributed by atoms with van der Waals surface area (Å²) in [5, 5.41) is 14.8. The van der Waals surface area contributed by atoms with Crippen LogP contribution in [-0.2, 0) is 6.42 Å². The number of methoxy groups -OCH3 is 1. The molecule has 0 atom stereocenters. The molecule has 0 spiro atoms. The van der Waals surface area contributed by atoms with Crippen LogP contribution < -0.4 is 15.4 Å². The van der Waals surface area contributed by atoms with Gasteiger partial charge in [-0.2, -0.15) is 0 Å². The fourth-order valence-corrected chi connectivity index (χ4v) is 3.73. The van der Waals surface area contributed by atoms with Crippen LogP contribution >= 0.6 is 33.9 Å². The zero-order chi connectivity index (χ0) is 19.9. The van der Waals surface area contributed by atoms with E-state index in [-0.39, 0.29) is 11.8 Å². The molecule has 2 amide bonds. The molecule has 2 N–H and O–H groups in total. The van der Waals surface area contributed by atoms with Gasteiger partial charge in [0.25, 0.3) is 11.8 Å². The first kappa shape index (κ1) is 20.2. The van der Waals surface area contributed by atoms with Crippen LogP contribution in [0.25, 0.3) is 0 Å². The van der Waals surface area contributed by atoms with Gasteiger partial charge in [-0.3, -0.25) is 14.9 Å². The number of hydrogen-bond acceptors (Lipinski definition) is 6. The summed E-state index contributed by atoms with van der Waals surface area (Å²) in [7, 11) is 1.56. The Morgan fingerprint density at radius 3 is 2.71 bits per heavy atom. The summed E-state index contributed by atoms with van der Waals surface area (Å²) in [6.07, 6.45) is 0.520. The molecule has 7 nitrogen and oxygen atoms in total. The molecule has 0 saturated heterocycles. The van der Waals surface area contributed by atoms with E-state index in [9.17, 15) is 9.59 Å². The predicted octanol–water partition coefficient (Wildman–Crippen LogP) is 3.38. The maximum absolute atomic E-state index is 12.3. The second-order valence-corrected chi connectivity index (χ2v) is 7.90. The van der Waals surface area contributed by atoms with Crippen molar-refractivity contribution in [1.29, 1.82) is 0 Å². The summed E-state index contributed by atoms with van der Waals surface area (Å²) in [4.78, 5) is 24.5. The lowest BCUT2D eigenvalue weighted by Gasteiger charge is -2.05. The van der Waals surface area contributed by atoms with Crippen molar-refractivity contribution in [3.05, 3.63) is 68.2 Å². The quantitative estimate of drug-likeness (QED) is 0.478. The molecule has 0 saturated carbocycles. The molecule has 0 unspecified atom stereocenters. The van der Waals surface area contributed by atoms with E-state index in [0.29, 0.717) is 35.0 Å². The van der Waals surface area contributed by atoms with Crippen molar-refractivity contribution in [2.24, 2.45) is 0 Å². The summed E-state index contributed by atoms with van der Waals surface area (Å²) in [5.41, 5.74) is 1.12. The first-order valence-electron chi connectivity index (χ1n) is 8.37. The van der Waals surface area contributed by atoms with Crippen molar-refractivity contribution >= 4 is 50.9 Å². The van der Waals surface area contributed by atoms with Gasteiger partial charge >= 0.3 is 0 Å². The predicted molar refractivity (Wildman–Crippen MR) is 116 cm³/mol. The van der Waals surface area contributed by atoms with E-state index < -0.39 is 0 Å². The SMILES string of the molecule is COc1cccc(C(=O)NCCc2nnc(NC(=O)c3ccccc3I)s2)c1. The Balaban J connectivity index is 1.51. The van der Waals surface area contributed by atoms with E-state index in [2.05, 4.69) is 43.4 Å². The normalized spacial score (nSPS) is 10.4. The molecule has 9 heteroatoms. The van der Waals surface area contributed by atoms with Gasteiger partial charge in [0.2, 0.25) is 5.13 Å². The minimum Gasteiger partial charge on any atom is -0.497 e. The zero-order valence-corrected chi connectivity index (χ0v) is 17.9. The van der Waals surface area contributed by atoms with E-state index in [1.807, 2.05) is 18.2 Å². The third kappa shape index (κ3) is 5.26. The Hall–Kier alpha value is -2.53.